The fraction of sp³-hybridized carbons (Fsp3) is 0.914. The fourth-order valence-corrected chi connectivity index (χ4v) is 9.49. The highest BCUT2D eigenvalue weighted by Crippen LogP contribution is 2.63. The quantitative estimate of drug-likeness (QED) is 0.139. The van der Waals surface area contributed by atoms with E-state index in [1.54, 1.807) is 5.57 Å². The Morgan fingerprint density at radius 2 is 1.68 bits per heavy atom. The molecule has 0 aromatic heterocycles. The lowest BCUT2D eigenvalue weighted by molar-refractivity contribution is -0.151. The van der Waals surface area contributed by atoms with E-state index in [1.165, 1.54) is 89.9 Å². The predicted molar refractivity (Wildman–Crippen MR) is 156 cm³/mol. The number of unbranched alkanes of at least 4 members (excludes halogenated alkanes) is 5. The van der Waals surface area contributed by atoms with E-state index in [1.807, 2.05) is 0 Å². The number of esters is 1. The van der Waals surface area contributed by atoms with Gasteiger partial charge in [0, 0.05) is 12.8 Å². The number of hydrogen-bond acceptors (Lipinski definition) is 2. The summed E-state index contributed by atoms with van der Waals surface area (Å²) in [6.45, 7) is 12.2. The summed E-state index contributed by atoms with van der Waals surface area (Å²) < 4.78 is 6.03. The van der Waals surface area contributed by atoms with Crippen LogP contribution in [0.5, 0.6) is 0 Å². The van der Waals surface area contributed by atoms with Crippen LogP contribution in [0.25, 0.3) is 0 Å². The summed E-state index contributed by atoms with van der Waals surface area (Å²) in [7, 11) is 0. The van der Waals surface area contributed by atoms with Crippen molar-refractivity contribution in [3.05, 3.63) is 11.6 Å². The first kappa shape index (κ1) is 29.2. The zero-order valence-electron chi connectivity index (χ0n) is 25.2. The Hall–Kier alpha value is -0.790. The molecule has 4 aliphatic rings. The summed E-state index contributed by atoms with van der Waals surface area (Å²) in [4.78, 5) is 12.5. The zero-order valence-corrected chi connectivity index (χ0v) is 25.2. The Morgan fingerprint density at radius 3 is 2.46 bits per heavy atom. The molecule has 5 unspecified atom stereocenters. The standard InChI is InChI=1S/C35H60O2/c1-6-7-8-9-10-11-15-34(36)37-28-22-23-35(5)27(24-28)16-17-32-31-19-18-29(30(31)20-21-33(32)35)26(4)14-12-13-25(2)3/h16,25-26,28-33H,6-15,17-24H2,1-5H3/t26?,28-,29+,30?,31?,32?,33?,35-/m0/s1. The van der Waals surface area contributed by atoms with Crippen LogP contribution >= 0.6 is 0 Å². The minimum atomic E-state index is 0.0541. The molecule has 8 atom stereocenters. The lowest BCUT2D eigenvalue weighted by Gasteiger charge is -2.55. The average molecular weight is 513 g/mol. The molecule has 0 spiro atoms. The van der Waals surface area contributed by atoms with Gasteiger partial charge >= 0.3 is 5.97 Å². The first-order valence-electron chi connectivity index (χ1n) is 16.7. The number of allylic oxidation sites excluding steroid dienone is 1. The number of hydrogen-bond donors (Lipinski definition) is 0. The van der Waals surface area contributed by atoms with Crippen LogP contribution in [-0.2, 0) is 9.53 Å². The monoisotopic (exact) mass is 512 g/mol. The topological polar surface area (TPSA) is 26.3 Å². The molecule has 0 heterocycles. The first-order valence-corrected chi connectivity index (χ1v) is 16.7. The van der Waals surface area contributed by atoms with Crippen molar-refractivity contribution in [2.24, 2.45) is 46.8 Å². The van der Waals surface area contributed by atoms with Gasteiger partial charge in [0.1, 0.15) is 6.10 Å². The summed E-state index contributed by atoms with van der Waals surface area (Å²) in [5, 5.41) is 0. The van der Waals surface area contributed by atoms with E-state index in [-0.39, 0.29) is 12.1 Å². The van der Waals surface area contributed by atoms with Gasteiger partial charge < -0.3 is 4.74 Å². The van der Waals surface area contributed by atoms with Crippen LogP contribution in [0.2, 0.25) is 0 Å². The molecule has 0 saturated heterocycles. The van der Waals surface area contributed by atoms with Crippen molar-refractivity contribution in [3.63, 3.8) is 0 Å². The molecule has 0 amide bonds. The second-order valence-corrected chi connectivity index (χ2v) is 14.5. The lowest BCUT2D eigenvalue weighted by atomic mass is 9.50. The minimum Gasteiger partial charge on any atom is -0.462 e. The Kier molecular flexibility index (Phi) is 10.7. The third-order valence-electron chi connectivity index (χ3n) is 11.6. The first-order chi connectivity index (χ1) is 17.8. The molecule has 2 nitrogen and oxygen atoms in total. The SMILES string of the molecule is CCCCCCCCC(=O)O[C@H]1CC[C@@]2(C)C(=CCC3C4CC[C@H](C(C)CCCC(C)C)C4CCC32)C1. The molecule has 0 radical (unpaired) electrons. The van der Waals surface area contributed by atoms with E-state index in [0.29, 0.717) is 11.8 Å². The van der Waals surface area contributed by atoms with Gasteiger partial charge in [0.25, 0.3) is 0 Å². The van der Waals surface area contributed by atoms with Gasteiger partial charge in [-0.1, -0.05) is 97.6 Å². The highest BCUT2D eigenvalue weighted by molar-refractivity contribution is 5.69. The number of carbonyl (C=O) groups is 1. The maximum absolute atomic E-state index is 12.5. The second kappa shape index (κ2) is 13.5. The molecule has 4 rings (SSSR count). The molecule has 0 bridgehead atoms. The largest absolute Gasteiger partial charge is 0.462 e. The molecular weight excluding hydrogens is 452 g/mol. The maximum atomic E-state index is 12.5. The molecule has 4 aliphatic carbocycles. The molecule has 0 aromatic rings. The van der Waals surface area contributed by atoms with Gasteiger partial charge in [0.2, 0.25) is 0 Å². The normalized spacial score (nSPS) is 35.9. The number of rotatable bonds is 13. The molecule has 2 heteroatoms. The van der Waals surface area contributed by atoms with E-state index >= 15 is 0 Å². The zero-order chi connectivity index (χ0) is 26.4. The molecule has 3 saturated carbocycles. The van der Waals surface area contributed by atoms with Gasteiger partial charge in [-0.15, -0.1) is 0 Å². The smallest absolute Gasteiger partial charge is 0.306 e. The second-order valence-electron chi connectivity index (χ2n) is 14.5. The number of carbonyl (C=O) groups excluding carboxylic acids is 1. The van der Waals surface area contributed by atoms with Gasteiger partial charge in [-0.25, -0.2) is 0 Å². The van der Waals surface area contributed by atoms with Crippen LogP contribution in [0, 0.1) is 46.8 Å². The van der Waals surface area contributed by atoms with E-state index in [0.717, 1.165) is 60.7 Å². The van der Waals surface area contributed by atoms with E-state index in [4.69, 9.17) is 4.74 Å². The van der Waals surface area contributed by atoms with Crippen molar-refractivity contribution in [1.29, 1.82) is 0 Å². The van der Waals surface area contributed by atoms with Crippen molar-refractivity contribution in [1.82, 2.24) is 0 Å². The summed E-state index contributed by atoms with van der Waals surface area (Å²) >= 11 is 0. The Labute approximate surface area is 230 Å². The Morgan fingerprint density at radius 1 is 0.919 bits per heavy atom. The van der Waals surface area contributed by atoms with Crippen molar-refractivity contribution >= 4 is 5.97 Å². The third-order valence-corrected chi connectivity index (χ3v) is 11.6. The van der Waals surface area contributed by atoms with Crippen LogP contribution in [0.4, 0.5) is 0 Å². The van der Waals surface area contributed by atoms with Gasteiger partial charge in [-0.3, -0.25) is 4.79 Å². The van der Waals surface area contributed by atoms with Gasteiger partial charge in [-0.05, 0) is 98.2 Å². The van der Waals surface area contributed by atoms with Crippen molar-refractivity contribution in [2.45, 2.75) is 156 Å². The minimum absolute atomic E-state index is 0.0541. The summed E-state index contributed by atoms with van der Waals surface area (Å²) in [6, 6.07) is 0. The van der Waals surface area contributed by atoms with Crippen LogP contribution in [0.3, 0.4) is 0 Å². The third kappa shape index (κ3) is 7.05. The van der Waals surface area contributed by atoms with Crippen LogP contribution < -0.4 is 0 Å². The van der Waals surface area contributed by atoms with E-state index in [2.05, 4.69) is 40.7 Å². The van der Waals surface area contributed by atoms with Crippen molar-refractivity contribution < 1.29 is 9.53 Å². The summed E-state index contributed by atoms with van der Waals surface area (Å²) in [5.41, 5.74) is 2.00. The molecule has 0 aliphatic heterocycles. The maximum Gasteiger partial charge on any atom is 0.306 e. The van der Waals surface area contributed by atoms with E-state index in [9.17, 15) is 4.79 Å². The Balaban J connectivity index is 1.28. The molecule has 0 aromatic carbocycles. The van der Waals surface area contributed by atoms with Crippen molar-refractivity contribution in [3.8, 4) is 0 Å². The van der Waals surface area contributed by atoms with Gasteiger partial charge in [-0.2, -0.15) is 0 Å². The molecule has 0 N–H and O–H groups in total. The number of ether oxygens (including phenoxy) is 1. The van der Waals surface area contributed by atoms with Gasteiger partial charge in [0.05, 0.1) is 0 Å². The fourth-order valence-electron chi connectivity index (χ4n) is 9.49. The molecule has 37 heavy (non-hydrogen) atoms. The van der Waals surface area contributed by atoms with Crippen LogP contribution in [-0.4, -0.2) is 12.1 Å². The van der Waals surface area contributed by atoms with Gasteiger partial charge in [0.15, 0.2) is 0 Å². The van der Waals surface area contributed by atoms with E-state index < -0.39 is 0 Å². The summed E-state index contributed by atoms with van der Waals surface area (Å²) in [6.07, 6.45) is 25.5. The summed E-state index contributed by atoms with van der Waals surface area (Å²) in [5.74, 6) is 6.54. The lowest BCUT2D eigenvalue weighted by Crippen LogP contribution is -2.48. The molecular formula is C35H60O2. The molecule has 212 valence electrons. The Bertz CT molecular complexity index is 752. The highest BCUT2D eigenvalue weighted by Gasteiger charge is 2.54. The molecule has 3 fully saturated rings. The average Bonchev–Trinajstić information content (AvgIpc) is 3.31. The van der Waals surface area contributed by atoms with Crippen LogP contribution in [0.1, 0.15) is 150 Å². The highest BCUT2D eigenvalue weighted by atomic mass is 16.5. The number of fused-ring (bicyclic) bond motifs is 5. The predicted octanol–water partition coefficient (Wildman–Crippen LogP) is 10.3. The van der Waals surface area contributed by atoms with Crippen molar-refractivity contribution in [2.75, 3.05) is 0 Å². The van der Waals surface area contributed by atoms with Crippen LogP contribution in [0.15, 0.2) is 11.6 Å².